The predicted molar refractivity (Wildman–Crippen MR) is 103 cm³/mol. The fourth-order valence-corrected chi connectivity index (χ4v) is 3.18. The van der Waals surface area contributed by atoms with E-state index in [4.69, 9.17) is 4.42 Å². The molecule has 0 aliphatic carbocycles. The Bertz CT molecular complexity index is 967. The van der Waals surface area contributed by atoms with Crippen molar-refractivity contribution in [2.75, 3.05) is 6.54 Å². The Kier molecular flexibility index (Phi) is 6.06. The maximum Gasteiger partial charge on any atom is 0.416 e. The molecule has 0 aliphatic heterocycles. The van der Waals surface area contributed by atoms with Crippen molar-refractivity contribution in [2.45, 2.75) is 32.5 Å². The molecule has 1 unspecified atom stereocenters. The maximum absolute atomic E-state index is 13.0. The first kappa shape index (κ1) is 20.6. The van der Waals surface area contributed by atoms with Crippen LogP contribution in [0.1, 0.15) is 36.7 Å². The van der Waals surface area contributed by atoms with Crippen LogP contribution >= 0.6 is 0 Å². The minimum absolute atomic E-state index is 0.00742. The van der Waals surface area contributed by atoms with Gasteiger partial charge in [-0.1, -0.05) is 30.3 Å². The molecule has 7 heteroatoms. The highest BCUT2D eigenvalue weighted by Gasteiger charge is 2.31. The standard InChI is InChI=1S/C22H21F3N2O2/c1-3-27(15(2)17-10-7-11-18(12-17)22(23,24)25)20(28)13-19-14-29-21(26-19)16-8-5-4-6-9-16/h4-12,14-15H,3,13H2,1-2H3. The van der Waals surface area contributed by atoms with Crippen molar-refractivity contribution in [1.29, 1.82) is 0 Å². The van der Waals surface area contributed by atoms with Crippen LogP contribution in [0.25, 0.3) is 11.5 Å². The fraction of sp³-hybridized carbons (Fsp3) is 0.273. The zero-order valence-corrected chi connectivity index (χ0v) is 16.1. The van der Waals surface area contributed by atoms with Gasteiger partial charge in [0.1, 0.15) is 6.26 Å². The summed E-state index contributed by atoms with van der Waals surface area (Å²) in [6, 6.07) is 13.9. The van der Waals surface area contributed by atoms with Crippen LogP contribution in [-0.2, 0) is 17.4 Å². The molecule has 0 spiro atoms. The average molecular weight is 402 g/mol. The number of aromatic nitrogens is 1. The summed E-state index contributed by atoms with van der Waals surface area (Å²) in [4.78, 5) is 18.7. The van der Waals surface area contributed by atoms with Crippen molar-refractivity contribution in [2.24, 2.45) is 0 Å². The Morgan fingerprint density at radius 3 is 2.52 bits per heavy atom. The minimum Gasteiger partial charge on any atom is -0.444 e. The maximum atomic E-state index is 13.0. The number of carbonyl (C=O) groups excluding carboxylic acids is 1. The summed E-state index contributed by atoms with van der Waals surface area (Å²) in [5.74, 6) is 0.188. The number of amides is 1. The van der Waals surface area contributed by atoms with Gasteiger partial charge in [0.2, 0.25) is 11.8 Å². The zero-order valence-electron chi connectivity index (χ0n) is 16.1. The smallest absolute Gasteiger partial charge is 0.416 e. The molecule has 0 saturated carbocycles. The molecular weight excluding hydrogens is 381 g/mol. The molecular formula is C22H21F3N2O2. The normalized spacial score (nSPS) is 12.6. The average Bonchev–Trinajstić information content (AvgIpc) is 3.17. The van der Waals surface area contributed by atoms with Gasteiger partial charge in [-0.25, -0.2) is 4.98 Å². The van der Waals surface area contributed by atoms with Crippen LogP contribution in [0.5, 0.6) is 0 Å². The third-order valence-electron chi connectivity index (χ3n) is 4.73. The number of oxazole rings is 1. The summed E-state index contributed by atoms with van der Waals surface area (Å²) in [5.41, 5.74) is 0.980. The molecule has 0 saturated heterocycles. The summed E-state index contributed by atoms with van der Waals surface area (Å²) in [6.45, 7) is 3.87. The molecule has 0 N–H and O–H groups in total. The number of hydrogen-bond donors (Lipinski definition) is 0. The van der Waals surface area contributed by atoms with Gasteiger partial charge in [-0.15, -0.1) is 0 Å². The van der Waals surface area contributed by atoms with Gasteiger partial charge in [0.05, 0.1) is 23.7 Å². The molecule has 1 amide bonds. The second-order valence-electron chi connectivity index (χ2n) is 6.67. The van der Waals surface area contributed by atoms with E-state index < -0.39 is 17.8 Å². The first-order chi connectivity index (χ1) is 13.8. The molecule has 152 valence electrons. The van der Waals surface area contributed by atoms with Gasteiger partial charge in [0, 0.05) is 12.1 Å². The van der Waals surface area contributed by atoms with E-state index in [2.05, 4.69) is 4.98 Å². The van der Waals surface area contributed by atoms with Crippen molar-refractivity contribution in [3.63, 3.8) is 0 Å². The number of benzene rings is 2. The fourth-order valence-electron chi connectivity index (χ4n) is 3.18. The summed E-state index contributed by atoms with van der Waals surface area (Å²) in [5, 5.41) is 0. The van der Waals surface area contributed by atoms with Gasteiger partial charge >= 0.3 is 6.18 Å². The zero-order chi connectivity index (χ0) is 21.0. The largest absolute Gasteiger partial charge is 0.444 e. The lowest BCUT2D eigenvalue weighted by atomic mass is 10.0. The van der Waals surface area contributed by atoms with Gasteiger partial charge < -0.3 is 9.32 Å². The van der Waals surface area contributed by atoms with Crippen molar-refractivity contribution in [3.05, 3.63) is 77.7 Å². The Labute approximate surface area is 167 Å². The number of hydrogen-bond acceptors (Lipinski definition) is 3. The quantitative estimate of drug-likeness (QED) is 0.546. The van der Waals surface area contributed by atoms with E-state index in [9.17, 15) is 18.0 Å². The molecule has 1 atom stereocenters. The molecule has 2 aromatic carbocycles. The van der Waals surface area contributed by atoms with Crippen LogP contribution in [0.4, 0.5) is 13.2 Å². The van der Waals surface area contributed by atoms with Gasteiger partial charge in [0.15, 0.2) is 0 Å². The summed E-state index contributed by atoms with van der Waals surface area (Å²) in [6.07, 6.45) is -2.98. The van der Waals surface area contributed by atoms with E-state index >= 15 is 0 Å². The monoisotopic (exact) mass is 402 g/mol. The third-order valence-corrected chi connectivity index (χ3v) is 4.73. The molecule has 1 heterocycles. The predicted octanol–water partition coefficient (Wildman–Crippen LogP) is 5.51. The summed E-state index contributed by atoms with van der Waals surface area (Å²) in [7, 11) is 0. The van der Waals surface area contributed by atoms with E-state index in [-0.39, 0.29) is 12.3 Å². The number of nitrogens with zero attached hydrogens (tertiary/aromatic N) is 2. The molecule has 0 bridgehead atoms. The van der Waals surface area contributed by atoms with Crippen LogP contribution in [0.15, 0.2) is 65.3 Å². The molecule has 4 nitrogen and oxygen atoms in total. The summed E-state index contributed by atoms with van der Waals surface area (Å²) < 4.78 is 44.5. The number of likely N-dealkylation sites (N-methyl/N-ethyl adjacent to an activating group) is 1. The van der Waals surface area contributed by atoms with Crippen molar-refractivity contribution in [3.8, 4) is 11.5 Å². The third kappa shape index (κ3) is 4.85. The Morgan fingerprint density at radius 2 is 1.86 bits per heavy atom. The summed E-state index contributed by atoms with van der Waals surface area (Å²) >= 11 is 0. The molecule has 0 radical (unpaired) electrons. The van der Waals surface area contributed by atoms with Crippen LogP contribution in [-0.4, -0.2) is 22.3 Å². The van der Waals surface area contributed by atoms with Crippen molar-refractivity contribution < 1.29 is 22.4 Å². The van der Waals surface area contributed by atoms with Gasteiger partial charge in [-0.2, -0.15) is 13.2 Å². The Morgan fingerprint density at radius 1 is 1.14 bits per heavy atom. The number of alkyl halides is 3. The Hall–Kier alpha value is -3.09. The second kappa shape index (κ2) is 8.51. The second-order valence-corrected chi connectivity index (χ2v) is 6.67. The highest BCUT2D eigenvalue weighted by molar-refractivity contribution is 5.79. The van der Waals surface area contributed by atoms with Gasteiger partial charge in [-0.3, -0.25) is 4.79 Å². The van der Waals surface area contributed by atoms with E-state index in [0.717, 1.165) is 17.7 Å². The molecule has 3 aromatic rings. The lowest BCUT2D eigenvalue weighted by Crippen LogP contribution is -2.34. The topological polar surface area (TPSA) is 46.3 Å². The first-order valence-corrected chi connectivity index (χ1v) is 9.26. The van der Waals surface area contributed by atoms with Crippen LogP contribution in [0.3, 0.4) is 0 Å². The van der Waals surface area contributed by atoms with E-state index in [0.29, 0.717) is 23.7 Å². The van der Waals surface area contributed by atoms with Crippen LogP contribution in [0, 0.1) is 0 Å². The van der Waals surface area contributed by atoms with Crippen LogP contribution in [0.2, 0.25) is 0 Å². The molecule has 0 fully saturated rings. The van der Waals surface area contributed by atoms with Crippen molar-refractivity contribution in [1.82, 2.24) is 9.88 Å². The van der Waals surface area contributed by atoms with E-state index in [1.807, 2.05) is 30.3 Å². The lowest BCUT2D eigenvalue weighted by Gasteiger charge is -2.28. The Balaban J connectivity index is 1.75. The number of halogens is 3. The molecule has 29 heavy (non-hydrogen) atoms. The van der Waals surface area contributed by atoms with Crippen molar-refractivity contribution >= 4 is 5.91 Å². The molecule has 3 rings (SSSR count). The molecule has 1 aromatic heterocycles. The van der Waals surface area contributed by atoms with Crippen LogP contribution < -0.4 is 0 Å². The number of rotatable bonds is 6. The van der Waals surface area contributed by atoms with E-state index in [1.165, 1.54) is 17.2 Å². The lowest BCUT2D eigenvalue weighted by molar-refractivity contribution is -0.137. The molecule has 0 aliphatic rings. The van der Waals surface area contributed by atoms with Gasteiger partial charge in [-0.05, 0) is 43.7 Å². The van der Waals surface area contributed by atoms with Gasteiger partial charge in [0.25, 0.3) is 0 Å². The number of carbonyl (C=O) groups is 1. The van der Waals surface area contributed by atoms with E-state index in [1.54, 1.807) is 19.9 Å². The minimum atomic E-state index is -4.43. The first-order valence-electron chi connectivity index (χ1n) is 9.26. The highest BCUT2D eigenvalue weighted by Crippen LogP contribution is 2.32. The SMILES string of the molecule is CCN(C(=O)Cc1coc(-c2ccccc2)n1)C(C)c1cccc(C(F)(F)F)c1. The highest BCUT2D eigenvalue weighted by atomic mass is 19.4.